The van der Waals surface area contributed by atoms with Gasteiger partial charge in [-0.25, -0.2) is 5.23 Å². The summed E-state index contributed by atoms with van der Waals surface area (Å²) in [6.45, 7) is 0. The van der Waals surface area contributed by atoms with Gasteiger partial charge in [0.2, 0.25) is 0 Å². The van der Waals surface area contributed by atoms with Crippen molar-refractivity contribution in [2.75, 3.05) is 0 Å². The van der Waals surface area contributed by atoms with Crippen LogP contribution in [0.1, 0.15) is 38.5 Å². The summed E-state index contributed by atoms with van der Waals surface area (Å²) in [5.74, 6) is 0. The Morgan fingerprint density at radius 1 is 0.944 bits per heavy atom. The molecule has 0 spiro atoms. The molecule has 0 amide bonds. The summed E-state index contributed by atoms with van der Waals surface area (Å²) in [4.78, 5) is 5.25. The minimum atomic E-state index is -0.109. The van der Waals surface area contributed by atoms with Crippen LogP contribution in [0.25, 0.3) is 0 Å². The van der Waals surface area contributed by atoms with Crippen LogP contribution in [0.2, 0.25) is 0 Å². The SMILES string of the molecule is [O-][NH+](ONC1CCC2OC2C1)C1CCC2OC2C1. The van der Waals surface area contributed by atoms with Gasteiger partial charge in [-0.15, -0.1) is 10.4 Å². The predicted molar refractivity (Wildman–Crippen MR) is 61.2 cm³/mol. The first-order valence-corrected chi connectivity index (χ1v) is 7.07. The molecule has 2 heterocycles. The van der Waals surface area contributed by atoms with E-state index in [4.69, 9.17) is 14.4 Å². The number of nitrogens with one attached hydrogen (secondary N) is 2. The summed E-state index contributed by atoms with van der Waals surface area (Å²) in [6, 6.07) is 0.293. The second kappa shape index (κ2) is 4.40. The van der Waals surface area contributed by atoms with E-state index >= 15 is 0 Å². The Bertz CT molecular complexity index is 329. The lowest BCUT2D eigenvalue weighted by Gasteiger charge is -2.31. The van der Waals surface area contributed by atoms with E-state index in [-0.39, 0.29) is 17.3 Å². The van der Waals surface area contributed by atoms with Crippen molar-refractivity contribution in [3.8, 4) is 0 Å². The third kappa shape index (κ3) is 2.29. The van der Waals surface area contributed by atoms with Crippen molar-refractivity contribution in [1.82, 2.24) is 5.48 Å². The van der Waals surface area contributed by atoms with Gasteiger partial charge in [0.25, 0.3) is 0 Å². The number of hydrogen-bond acceptors (Lipinski definition) is 5. The first-order chi connectivity index (χ1) is 8.79. The molecule has 4 aliphatic rings. The molecule has 2 saturated carbocycles. The lowest BCUT2D eigenvalue weighted by Crippen LogP contribution is -3.11. The minimum Gasteiger partial charge on any atom is -0.598 e. The number of hydroxylamine groups is 3. The Kier molecular flexibility index (Phi) is 2.83. The molecule has 2 aliphatic heterocycles. The summed E-state index contributed by atoms with van der Waals surface area (Å²) in [7, 11) is 0. The van der Waals surface area contributed by atoms with Crippen LogP contribution >= 0.6 is 0 Å². The standard InChI is InChI=1S/C12H20N2O4/c15-14(8-2-4-10-12(6-8)17-10)18-13-7-1-3-9-11(5-7)16-9/h7-14H,1-6H2. The Hall–Kier alpha value is -0.240. The first kappa shape index (κ1) is 11.6. The molecular weight excluding hydrogens is 236 g/mol. The molecule has 4 rings (SSSR count). The van der Waals surface area contributed by atoms with Crippen LogP contribution in [0, 0.1) is 5.21 Å². The van der Waals surface area contributed by atoms with E-state index < -0.39 is 0 Å². The Labute approximate surface area is 106 Å². The summed E-state index contributed by atoms with van der Waals surface area (Å²) in [5.41, 5.74) is 2.93. The molecule has 6 nitrogen and oxygen atoms in total. The molecule has 102 valence electrons. The Morgan fingerprint density at radius 2 is 1.67 bits per heavy atom. The maximum Gasteiger partial charge on any atom is 0.121 e. The van der Waals surface area contributed by atoms with Gasteiger partial charge in [0, 0.05) is 18.9 Å². The van der Waals surface area contributed by atoms with Crippen molar-refractivity contribution in [3.63, 3.8) is 0 Å². The molecule has 0 bridgehead atoms. The molecule has 6 heteroatoms. The zero-order chi connectivity index (χ0) is 12.1. The number of quaternary nitrogens is 1. The van der Waals surface area contributed by atoms with Gasteiger partial charge in [-0.3, -0.25) is 0 Å². The van der Waals surface area contributed by atoms with E-state index in [0.717, 1.165) is 38.5 Å². The lowest BCUT2D eigenvalue weighted by molar-refractivity contribution is -1.08. The molecule has 0 aromatic heterocycles. The van der Waals surface area contributed by atoms with Crippen LogP contribution in [0.5, 0.6) is 0 Å². The van der Waals surface area contributed by atoms with Crippen molar-refractivity contribution in [3.05, 3.63) is 5.21 Å². The fourth-order valence-corrected chi connectivity index (χ4v) is 3.35. The highest BCUT2D eigenvalue weighted by Gasteiger charge is 2.47. The Morgan fingerprint density at radius 3 is 2.39 bits per heavy atom. The van der Waals surface area contributed by atoms with Crippen LogP contribution < -0.4 is 10.7 Å². The smallest absolute Gasteiger partial charge is 0.121 e. The summed E-state index contributed by atoms with van der Waals surface area (Å²) in [5, 5.41) is 11.8. The molecule has 4 fully saturated rings. The third-order valence-corrected chi connectivity index (χ3v) is 4.67. The maximum absolute atomic E-state index is 11.9. The van der Waals surface area contributed by atoms with Crippen molar-refractivity contribution in [2.45, 2.75) is 75.0 Å². The van der Waals surface area contributed by atoms with E-state index in [2.05, 4.69) is 5.48 Å². The van der Waals surface area contributed by atoms with Crippen LogP contribution in [-0.2, 0) is 14.4 Å². The third-order valence-electron chi connectivity index (χ3n) is 4.67. The predicted octanol–water partition coefficient (Wildman–Crippen LogP) is -0.555. The van der Waals surface area contributed by atoms with Crippen LogP contribution in [0.15, 0.2) is 0 Å². The molecule has 0 radical (unpaired) electrons. The molecule has 2 saturated heterocycles. The first-order valence-electron chi connectivity index (χ1n) is 7.07. The van der Waals surface area contributed by atoms with E-state index in [1.54, 1.807) is 0 Å². The average Bonchev–Trinajstić information content (AvgIpc) is 3.26. The molecule has 2 N–H and O–H groups in total. The van der Waals surface area contributed by atoms with E-state index in [1.165, 1.54) is 0 Å². The normalized spacial score (nSPS) is 51.2. The van der Waals surface area contributed by atoms with E-state index in [9.17, 15) is 5.21 Å². The quantitative estimate of drug-likeness (QED) is 0.521. The van der Waals surface area contributed by atoms with Gasteiger partial charge >= 0.3 is 0 Å². The van der Waals surface area contributed by atoms with Gasteiger partial charge < -0.3 is 14.7 Å². The molecule has 18 heavy (non-hydrogen) atoms. The molecule has 7 unspecified atom stereocenters. The highest BCUT2D eigenvalue weighted by atomic mass is 17.0. The topological polar surface area (TPSA) is 73.8 Å². The monoisotopic (exact) mass is 256 g/mol. The highest BCUT2D eigenvalue weighted by molar-refractivity contribution is 4.93. The van der Waals surface area contributed by atoms with Gasteiger partial charge in [0.1, 0.15) is 6.04 Å². The van der Waals surface area contributed by atoms with Crippen LogP contribution in [0.3, 0.4) is 0 Å². The summed E-state index contributed by atoms with van der Waals surface area (Å²) >= 11 is 0. The van der Waals surface area contributed by atoms with Gasteiger partial charge in [0.15, 0.2) is 0 Å². The highest BCUT2D eigenvalue weighted by Crippen LogP contribution is 2.36. The second-order valence-electron chi connectivity index (χ2n) is 5.98. The lowest BCUT2D eigenvalue weighted by atomic mass is 9.96. The largest absolute Gasteiger partial charge is 0.598 e. The maximum atomic E-state index is 11.9. The number of hydrogen-bond donors (Lipinski definition) is 2. The Balaban J connectivity index is 1.21. The number of ether oxygens (including phenoxy) is 2. The van der Waals surface area contributed by atoms with Crippen molar-refractivity contribution in [2.24, 2.45) is 0 Å². The summed E-state index contributed by atoms with van der Waals surface area (Å²) < 4.78 is 10.9. The minimum absolute atomic E-state index is 0.0229. The second-order valence-corrected chi connectivity index (χ2v) is 5.98. The van der Waals surface area contributed by atoms with Crippen molar-refractivity contribution in [1.29, 1.82) is 0 Å². The zero-order valence-electron chi connectivity index (χ0n) is 10.3. The fourth-order valence-electron chi connectivity index (χ4n) is 3.35. The van der Waals surface area contributed by atoms with E-state index in [1.807, 2.05) is 0 Å². The average molecular weight is 256 g/mol. The van der Waals surface area contributed by atoms with Gasteiger partial charge in [-0.2, -0.15) is 0 Å². The molecule has 2 aliphatic carbocycles. The van der Waals surface area contributed by atoms with Gasteiger partial charge in [0.05, 0.1) is 24.4 Å². The number of rotatable bonds is 4. The number of fused-ring (bicyclic) bond motifs is 2. The zero-order valence-corrected chi connectivity index (χ0v) is 10.3. The molecule has 7 atom stereocenters. The fraction of sp³-hybridized carbons (Fsp3) is 1.00. The molecule has 0 aromatic rings. The number of epoxide rings is 2. The van der Waals surface area contributed by atoms with Crippen molar-refractivity contribution < 1.29 is 19.6 Å². The van der Waals surface area contributed by atoms with Crippen LogP contribution in [0.4, 0.5) is 0 Å². The molecular formula is C12H20N2O4. The summed E-state index contributed by atoms with van der Waals surface area (Å²) in [6.07, 6.45) is 7.49. The van der Waals surface area contributed by atoms with E-state index in [0.29, 0.717) is 24.4 Å². The van der Waals surface area contributed by atoms with Gasteiger partial charge in [-0.1, -0.05) is 0 Å². The van der Waals surface area contributed by atoms with Gasteiger partial charge in [-0.05, 0) is 25.7 Å². The van der Waals surface area contributed by atoms with Crippen molar-refractivity contribution >= 4 is 0 Å². The van der Waals surface area contributed by atoms with Crippen LogP contribution in [-0.4, -0.2) is 36.5 Å². The molecule has 0 aromatic carbocycles.